The van der Waals surface area contributed by atoms with Crippen molar-refractivity contribution in [1.29, 1.82) is 0 Å². The maximum atomic E-state index is 13.0. The molecule has 2 nitrogen and oxygen atoms in total. The van der Waals surface area contributed by atoms with Crippen LogP contribution >= 0.6 is 0 Å². The summed E-state index contributed by atoms with van der Waals surface area (Å²) < 4.78 is 0. The van der Waals surface area contributed by atoms with Gasteiger partial charge in [0.15, 0.2) is 5.78 Å². The number of pyridine rings is 1. The third-order valence-electron chi connectivity index (χ3n) is 3.78. The van der Waals surface area contributed by atoms with Crippen molar-refractivity contribution in [3.05, 3.63) is 76.5 Å². The summed E-state index contributed by atoms with van der Waals surface area (Å²) in [7, 11) is 0. The minimum Gasteiger partial charge on any atom is -0.289 e. The number of hydrogen-bond donors (Lipinski definition) is 0. The fourth-order valence-electron chi connectivity index (χ4n) is 2.96. The van der Waals surface area contributed by atoms with Crippen molar-refractivity contribution in [3.63, 3.8) is 0 Å². The zero-order valence-electron chi connectivity index (χ0n) is 12.5. The average Bonchev–Trinajstić information content (AvgIpc) is 2.45. The zero-order chi connectivity index (χ0) is 15.0. The van der Waals surface area contributed by atoms with E-state index in [4.69, 9.17) is 0 Å². The van der Waals surface area contributed by atoms with E-state index < -0.39 is 0 Å². The number of rotatable bonds is 2. The van der Waals surface area contributed by atoms with Gasteiger partial charge in [0.25, 0.3) is 0 Å². The van der Waals surface area contributed by atoms with Crippen molar-refractivity contribution in [2.24, 2.45) is 0 Å². The van der Waals surface area contributed by atoms with Crippen molar-refractivity contribution < 1.29 is 4.79 Å². The van der Waals surface area contributed by atoms with Gasteiger partial charge in [-0.3, -0.25) is 9.78 Å². The number of carbonyl (C=O) groups is 1. The Morgan fingerprint density at radius 1 is 0.952 bits per heavy atom. The molecule has 0 aliphatic carbocycles. The first-order valence-corrected chi connectivity index (χ1v) is 7.04. The lowest BCUT2D eigenvalue weighted by molar-refractivity contribution is 0.103. The molecule has 3 aromatic rings. The van der Waals surface area contributed by atoms with Crippen molar-refractivity contribution >= 4 is 16.7 Å². The molecule has 0 radical (unpaired) electrons. The van der Waals surface area contributed by atoms with Crippen molar-refractivity contribution in [1.82, 2.24) is 4.98 Å². The molecule has 0 amide bonds. The Balaban J connectivity index is 2.22. The quantitative estimate of drug-likeness (QED) is 0.649. The summed E-state index contributed by atoms with van der Waals surface area (Å²) in [5.41, 5.74) is 5.44. The van der Waals surface area contributed by atoms with E-state index in [-0.39, 0.29) is 5.78 Å². The molecule has 21 heavy (non-hydrogen) atoms. The first-order valence-electron chi connectivity index (χ1n) is 7.04. The van der Waals surface area contributed by atoms with Crippen LogP contribution in [0.25, 0.3) is 10.9 Å². The normalized spacial score (nSPS) is 10.8. The molecule has 0 unspecified atom stereocenters. The second-order valence-corrected chi connectivity index (χ2v) is 5.48. The van der Waals surface area contributed by atoms with Gasteiger partial charge in [-0.15, -0.1) is 0 Å². The summed E-state index contributed by atoms with van der Waals surface area (Å²) in [4.78, 5) is 17.4. The second kappa shape index (κ2) is 5.13. The lowest BCUT2D eigenvalue weighted by Crippen LogP contribution is -2.08. The van der Waals surface area contributed by atoms with Gasteiger partial charge >= 0.3 is 0 Å². The number of benzene rings is 2. The summed E-state index contributed by atoms with van der Waals surface area (Å²) in [6, 6.07) is 13.7. The monoisotopic (exact) mass is 275 g/mol. The van der Waals surface area contributed by atoms with Gasteiger partial charge in [0.2, 0.25) is 0 Å². The van der Waals surface area contributed by atoms with E-state index in [1.165, 1.54) is 5.56 Å². The van der Waals surface area contributed by atoms with Gasteiger partial charge in [-0.2, -0.15) is 0 Å². The van der Waals surface area contributed by atoms with Gasteiger partial charge in [-0.1, -0.05) is 35.9 Å². The molecule has 0 N–H and O–H groups in total. The predicted molar refractivity (Wildman–Crippen MR) is 85.8 cm³/mol. The Morgan fingerprint density at radius 3 is 2.33 bits per heavy atom. The van der Waals surface area contributed by atoms with Crippen molar-refractivity contribution in [2.45, 2.75) is 20.8 Å². The molecule has 0 atom stereocenters. The summed E-state index contributed by atoms with van der Waals surface area (Å²) >= 11 is 0. The topological polar surface area (TPSA) is 30.0 Å². The molecule has 0 spiro atoms. The Labute approximate surface area is 124 Å². The van der Waals surface area contributed by atoms with Crippen LogP contribution in [0.15, 0.2) is 48.7 Å². The van der Waals surface area contributed by atoms with Crippen LogP contribution in [0.3, 0.4) is 0 Å². The van der Waals surface area contributed by atoms with E-state index >= 15 is 0 Å². The molecule has 2 aromatic carbocycles. The molecule has 2 heteroatoms. The SMILES string of the molecule is Cc1cc(C)c(C(=O)c2cccc3cccnc23)c(C)c1. The van der Waals surface area contributed by atoms with E-state index in [1.807, 2.05) is 51.1 Å². The first kappa shape index (κ1) is 13.5. The van der Waals surface area contributed by atoms with Gasteiger partial charge in [-0.05, 0) is 44.0 Å². The third-order valence-corrected chi connectivity index (χ3v) is 3.78. The van der Waals surface area contributed by atoms with Gasteiger partial charge in [-0.25, -0.2) is 0 Å². The predicted octanol–water partition coefficient (Wildman–Crippen LogP) is 4.39. The highest BCUT2D eigenvalue weighted by Gasteiger charge is 2.17. The van der Waals surface area contributed by atoms with Crippen LogP contribution in [0.2, 0.25) is 0 Å². The summed E-state index contributed by atoms with van der Waals surface area (Å²) in [5, 5.41) is 0.991. The molecule has 0 saturated heterocycles. The van der Waals surface area contributed by atoms with E-state index in [9.17, 15) is 4.79 Å². The first-order chi connectivity index (χ1) is 10.1. The number of para-hydroxylation sites is 1. The van der Waals surface area contributed by atoms with Crippen LogP contribution in [0.4, 0.5) is 0 Å². The molecular weight excluding hydrogens is 258 g/mol. The van der Waals surface area contributed by atoms with Crippen LogP contribution in [0.1, 0.15) is 32.6 Å². The molecule has 0 aliphatic heterocycles. The smallest absolute Gasteiger partial charge is 0.195 e. The number of nitrogens with zero attached hydrogens (tertiary/aromatic N) is 1. The molecular formula is C19H17NO. The van der Waals surface area contributed by atoms with Gasteiger partial charge < -0.3 is 0 Å². The summed E-state index contributed by atoms with van der Waals surface area (Å²) in [6.45, 7) is 6.03. The molecule has 1 aromatic heterocycles. The highest BCUT2D eigenvalue weighted by atomic mass is 16.1. The molecule has 104 valence electrons. The van der Waals surface area contributed by atoms with Gasteiger partial charge in [0, 0.05) is 22.7 Å². The Hall–Kier alpha value is -2.48. The minimum atomic E-state index is 0.0503. The van der Waals surface area contributed by atoms with E-state index in [0.717, 1.165) is 27.6 Å². The summed E-state index contributed by atoms with van der Waals surface area (Å²) in [5.74, 6) is 0.0503. The fourth-order valence-corrected chi connectivity index (χ4v) is 2.96. The maximum absolute atomic E-state index is 13.0. The number of hydrogen-bond acceptors (Lipinski definition) is 2. The van der Waals surface area contributed by atoms with Gasteiger partial charge in [0.1, 0.15) is 0 Å². The number of ketones is 1. The Kier molecular flexibility index (Phi) is 3.30. The van der Waals surface area contributed by atoms with E-state index in [1.54, 1.807) is 6.20 Å². The number of fused-ring (bicyclic) bond motifs is 1. The highest BCUT2D eigenvalue weighted by molar-refractivity contribution is 6.16. The van der Waals surface area contributed by atoms with E-state index in [0.29, 0.717) is 5.56 Å². The fraction of sp³-hybridized carbons (Fsp3) is 0.158. The maximum Gasteiger partial charge on any atom is 0.195 e. The van der Waals surface area contributed by atoms with Crippen molar-refractivity contribution in [2.75, 3.05) is 0 Å². The van der Waals surface area contributed by atoms with Crippen molar-refractivity contribution in [3.8, 4) is 0 Å². The van der Waals surface area contributed by atoms with Gasteiger partial charge in [0.05, 0.1) is 5.52 Å². The Bertz CT molecular complexity index is 821. The zero-order valence-corrected chi connectivity index (χ0v) is 12.5. The number of carbonyl (C=O) groups excluding carboxylic acids is 1. The average molecular weight is 275 g/mol. The largest absolute Gasteiger partial charge is 0.289 e. The molecule has 0 bridgehead atoms. The molecule has 0 aliphatic rings. The molecule has 0 saturated carbocycles. The van der Waals surface area contributed by atoms with Crippen LogP contribution in [0, 0.1) is 20.8 Å². The van der Waals surface area contributed by atoms with Crippen LogP contribution in [-0.4, -0.2) is 10.8 Å². The second-order valence-electron chi connectivity index (χ2n) is 5.48. The van der Waals surface area contributed by atoms with Crippen LogP contribution < -0.4 is 0 Å². The molecule has 0 fully saturated rings. The molecule has 3 rings (SSSR count). The van der Waals surface area contributed by atoms with Crippen LogP contribution in [0.5, 0.6) is 0 Å². The third kappa shape index (κ3) is 2.33. The highest BCUT2D eigenvalue weighted by Crippen LogP contribution is 2.24. The number of aryl methyl sites for hydroxylation is 3. The standard InChI is InChI=1S/C19H17NO/c1-12-10-13(2)17(14(3)11-12)19(21)16-8-4-6-15-7-5-9-20-18(15)16/h4-11H,1-3H3. The van der Waals surface area contributed by atoms with E-state index in [2.05, 4.69) is 17.1 Å². The molecule has 1 heterocycles. The summed E-state index contributed by atoms with van der Waals surface area (Å²) in [6.07, 6.45) is 1.73. The Morgan fingerprint density at radius 2 is 1.62 bits per heavy atom. The van der Waals surface area contributed by atoms with Crippen LogP contribution in [-0.2, 0) is 0 Å². The lowest BCUT2D eigenvalue weighted by atomic mass is 9.92. The lowest BCUT2D eigenvalue weighted by Gasteiger charge is -2.11. The number of aromatic nitrogens is 1. The minimum absolute atomic E-state index is 0.0503.